The molecule has 0 aliphatic carbocycles. The summed E-state index contributed by atoms with van der Waals surface area (Å²) in [5.41, 5.74) is 4.67. The van der Waals surface area contributed by atoms with E-state index in [0.29, 0.717) is 18.8 Å². The van der Waals surface area contributed by atoms with E-state index in [1.54, 1.807) is 17.8 Å². The summed E-state index contributed by atoms with van der Waals surface area (Å²) in [5, 5.41) is 5.44. The van der Waals surface area contributed by atoms with Gasteiger partial charge in [0.1, 0.15) is 23.1 Å². The van der Waals surface area contributed by atoms with Gasteiger partial charge in [0, 0.05) is 29.9 Å². The Bertz CT molecular complexity index is 1140. The standard InChI is InChI=1S/C24H21N3O2S/c1-17-4-2-5-19(12-17)15-29-21-7-3-6-20(13-21)24-27-22(16-30-24)23(28)26-14-18-8-10-25-11-9-18/h2-13,16H,14-15H2,1H3,(H,26,28). The summed E-state index contributed by atoms with van der Waals surface area (Å²) in [7, 11) is 0. The van der Waals surface area contributed by atoms with Crippen LogP contribution in [0.4, 0.5) is 0 Å². The van der Waals surface area contributed by atoms with Gasteiger partial charge in [-0.1, -0.05) is 42.0 Å². The lowest BCUT2D eigenvalue weighted by molar-refractivity contribution is 0.0946. The molecule has 4 aromatic rings. The van der Waals surface area contributed by atoms with E-state index in [1.165, 1.54) is 16.9 Å². The number of aryl methyl sites for hydroxylation is 1. The second-order valence-electron chi connectivity index (χ2n) is 6.88. The minimum absolute atomic E-state index is 0.193. The van der Waals surface area contributed by atoms with Gasteiger partial charge < -0.3 is 10.1 Å². The Kier molecular flexibility index (Phi) is 6.15. The number of aromatic nitrogens is 2. The molecule has 6 heteroatoms. The van der Waals surface area contributed by atoms with Crippen molar-refractivity contribution in [1.82, 2.24) is 15.3 Å². The van der Waals surface area contributed by atoms with Crippen LogP contribution in [-0.4, -0.2) is 15.9 Å². The van der Waals surface area contributed by atoms with Crippen molar-refractivity contribution in [2.45, 2.75) is 20.1 Å². The number of pyridine rings is 1. The number of hydrogen-bond acceptors (Lipinski definition) is 5. The molecule has 0 radical (unpaired) electrons. The van der Waals surface area contributed by atoms with E-state index in [4.69, 9.17) is 4.74 Å². The third-order valence-corrected chi connectivity index (χ3v) is 5.40. The zero-order chi connectivity index (χ0) is 20.8. The van der Waals surface area contributed by atoms with Gasteiger partial charge in [-0.3, -0.25) is 9.78 Å². The van der Waals surface area contributed by atoms with Crippen molar-refractivity contribution in [3.8, 4) is 16.3 Å². The van der Waals surface area contributed by atoms with Crippen molar-refractivity contribution < 1.29 is 9.53 Å². The molecule has 0 saturated carbocycles. The van der Waals surface area contributed by atoms with E-state index in [2.05, 4.69) is 40.4 Å². The highest BCUT2D eigenvalue weighted by Crippen LogP contribution is 2.27. The first-order valence-corrected chi connectivity index (χ1v) is 10.5. The van der Waals surface area contributed by atoms with Gasteiger partial charge in [-0.25, -0.2) is 4.98 Å². The maximum absolute atomic E-state index is 12.4. The molecule has 0 bridgehead atoms. The Morgan fingerprint density at radius 3 is 2.70 bits per heavy atom. The fourth-order valence-electron chi connectivity index (χ4n) is 2.97. The molecule has 0 unspecified atom stereocenters. The minimum Gasteiger partial charge on any atom is -0.489 e. The van der Waals surface area contributed by atoms with Crippen molar-refractivity contribution in [2.75, 3.05) is 0 Å². The van der Waals surface area contributed by atoms with Gasteiger partial charge in [0.15, 0.2) is 0 Å². The normalized spacial score (nSPS) is 10.6. The second kappa shape index (κ2) is 9.33. The Balaban J connectivity index is 1.40. The minimum atomic E-state index is -0.193. The van der Waals surface area contributed by atoms with E-state index >= 15 is 0 Å². The van der Waals surface area contributed by atoms with Gasteiger partial charge in [-0.2, -0.15) is 0 Å². The van der Waals surface area contributed by atoms with Crippen LogP contribution in [0.3, 0.4) is 0 Å². The Hall–Kier alpha value is -3.51. The quantitative estimate of drug-likeness (QED) is 0.460. The Labute approximate surface area is 179 Å². The Morgan fingerprint density at radius 2 is 1.87 bits per heavy atom. The maximum Gasteiger partial charge on any atom is 0.271 e. The average molecular weight is 416 g/mol. The predicted molar refractivity (Wildman–Crippen MR) is 118 cm³/mol. The van der Waals surface area contributed by atoms with E-state index in [-0.39, 0.29) is 5.91 Å². The number of ether oxygens (including phenoxy) is 1. The van der Waals surface area contributed by atoms with Crippen molar-refractivity contribution in [2.24, 2.45) is 0 Å². The molecule has 0 spiro atoms. The van der Waals surface area contributed by atoms with Crippen LogP contribution >= 0.6 is 11.3 Å². The first-order chi connectivity index (χ1) is 14.7. The summed E-state index contributed by atoms with van der Waals surface area (Å²) < 4.78 is 5.94. The molecule has 0 aliphatic heterocycles. The van der Waals surface area contributed by atoms with Gasteiger partial charge in [0.2, 0.25) is 0 Å². The van der Waals surface area contributed by atoms with Crippen LogP contribution in [0.2, 0.25) is 0 Å². The van der Waals surface area contributed by atoms with Crippen LogP contribution in [-0.2, 0) is 13.2 Å². The fraction of sp³-hybridized carbons (Fsp3) is 0.125. The molecule has 2 aromatic heterocycles. The molecule has 0 fully saturated rings. The van der Waals surface area contributed by atoms with E-state index in [9.17, 15) is 4.79 Å². The average Bonchev–Trinajstić information content (AvgIpc) is 3.28. The summed E-state index contributed by atoms with van der Waals surface area (Å²) >= 11 is 1.44. The summed E-state index contributed by atoms with van der Waals surface area (Å²) in [6.07, 6.45) is 3.41. The number of benzene rings is 2. The fourth-order valence-corrected chi connectivity index (χ4v) is 3.77. The number of nitrogens with one attached hydrogen (secondary N) is 1. The molecule has 30 heavy (non-hydrogen) atoms. The van der Waals surface area contributed by atoms with Gasteiger partial charge in [-0.15, -0.1) is 11.3 Å². The van der Waals surface area contributed by atoms with Gasteiger partial charge in [0.25, 0.3) is 5.91 Å². The van der Waals surface area contributed by atoms with Gasteiger partial charge in [0.05, 0.1) is 0 Å². The van der Waals surface area contributed by atoms with Crippen LogP contribution in [0, 0.1) is 6.92 Å². The van der Waals surface area contributed by atoms with Gasteiger partial charge >= 0.3 is 0 Å². The summed E-state index contributed by atoms with van der Waals surface area (Å²) in [4.78, 5) is 20.9. The highest BCUT2D eigenvalue weighted by atomic mass is 32.1. The van der Waals surface area contributed by atoms with Crippen LogP contribution < -0.4 is 10.1 Å². The lowest BCUT2D eigenvalue weighted by Gasteiger charge is -2.08. The third-order valence-electron chi connectivity index (χ3n) is 4.51. The van der Waals surface area contributed by atoms with E-state index in [1.807, 2.05) is 42.5 Å². The number of thiazole rings is 1. The summed E-state index contributed by atoms with van der Waals surface area (Å²) in [6.45, 7) is 3.01. The maximum atomic E-state index is 12.4. The number of carbonyl (C=O) groups excluding carboxylic acids is 1. The summed E-state index contributed by atoms with van der Waals surface area (Å²) in [5.74, 6) is 0.578. The monoisotopic (exact) mass is 415 g/mol. The number of amides is 1. The van der Waals surface area contributed by atoms with E-state index in [0.717, 1.165) is 27.4 Å². The number of rotatable bonds is 7. The summed E-state index contributed by atoms with van der Waals surface area (Å²) in [6, 6.07) is 19.8. The molecule has 0 saturated heterocycles. The third kappa shape index (κ3) is 5.10. The number of nitrogens with zero attached hydrogens (tertiary/aromatic N) is 2. The van der Waals surface area contributed by atoms with Crippen LogP contribution in [0.15, 0.2) is 78.4 Å². The van der Waals surface area contributed by atoms with Crippen LogP contribution in [0.25, 0.3) is 10.6 Å². The first-order valence-electron chi connectivity index (χ1n) is 9.59. The van der Waals surface area contributed by atoms with Crippen molar-refractivity contribution in [3.63, 3.8) is 0 Å². The molecule has 0 atom stereocenters. The topological polar surface area (TPSA) is 64.1 Å². The van der Waals surface area contributed by atoms with Crippen molar-refractivity contribution in [1.29, 1.82) is 0 Å². The molecular weight excluding hydrogens is 394 g/mol. The van der Waals surface area contributed by atoms with Crippen molar-refractivity contribution >= 4 is 17.2 Å². The predicted octanol–water partition coefficient (Wildman–Crippen LogP) is 5.02. The molecule has 1 amide bonds. The molecule has 0 aliphatic rings. The van der Waals surface area contributed by atoms with E-state index < -0.39 is 0 Å². The molecule has 1 N–H and O–H groups in total. The van der Waals surface area contributed by atoms with Crippen LogP contribution in [0.1, 0.15) is 27.2 Å². The molecular formula is C24H21N3O2S. The van der Waals surface area contributed by atoms with Crippen LogP contribution in [0.5, 0.6) is 5.75 Å². The molecule has 5 nitrogen and oxygen atoms in total. The lowest BCUT2D eigenvalue weighted by atomic mass is 10.1. The smallest absolute Gasteiger partial charge is 0.271 e. The number of hydrogen-bond donors (Lipinski definition) is 1. The van der Waals surface area contributed by atoms with Crippen molar-refractivity contribution in [3.05, 3.63) is 101 Å². The zero-order valence-electron chi connectivity index (χ0n) is 16.5. The molecule has 2 heterocycles. The molecule has 4 rings (SSSR count). The lowest BCUT2D eigenvalue weighted by Crippen LogP contribution is -2.23. The Morgan fingerprint density at radius 1 is 1.03 bits per heavy atom. The SMILES string of the molecule is Cc1cccc(COc2cccc(-c3nc(C(=O)NCc4ccncc4)cs3)c2)c1. The molecule has 150 valence electrons. The number of carbonyl (C=O) groups is 1. The highest BCUT2D eigenvalue weighted by molar-refractivity contribution is 7.13. The highest BCUT2D eigenvalue weighted by Gasteiger charge is 2.12. The zero-order valence-corrected chi connectivity index (χ0v) is 17.4. The second-order valence-corrected chi connectivity index (χ2v) is 7.74. The van der Waals surface area contributed by atoms with Gasteiger partial charge in [-0.05, 0) is 42.3 Å². The first kappa shape index (κ1) is 19.8. The molecule has 2 aromatic carbocycles. The largest absolute Gasteiger partial charge is 0.489 e.